The van der Waals surface area contributed by atoms with Gasteiger partial charge in [-0.3, -0.25) is 4.79 Å². The maximum Gasteiger partial charge on any atom is 0.320 e. The van der Waals surface area contributed by atoms with Crippen LogP contribution in [0.3, 0.4) is 0 Å². The van der Waals surface area contributed by atoms with Crippen LogP contribution in [0.2, 0.25) is 0 Å². The van der Waals surface area contributed by atoms with E-state index in [1.165, 1.54) is 4.90 Å². The highest BCUT2D eigenvalue weighted by Crippen LogP contribution is 2.18. The summed E-state index contributed by atoms with van der Waals surface area (Å²) in [5.74, 6) is 0.0792. The van der Waals surface area contributed by atoms with Gasteiger partial charge in [-0.05, 0) is 29.9 Å². The number of carboxylic acid groups (broad SMARTS) is 1. The van der Waals surface area contributed by atoms with Crippen molar-refractivity contribution in [3.05, 3.63) is 29.8 Å². The van der Waals surface area contributed by atoms with Crippen molar-refractivity contribution < 1.29 is 9.90 Å². The smallest absolute Gasteiger partial charge is 0.320 e. The van der Waals surface area contributed by atoms with E-state index in [2.05, 4.69) is 6.92 Å². The summed E-state index contributed by atoms with van der Waals surface area (Å²) in [5, 5.41) is 8.65. The fourth-order valence-corrected chi connectivity index (χ4v) is 1.89. The highest BCUT2D eigenvalue weighted by molar-refractivity contribution is 7.99. The Kier molecular flexibility index (Phi) is 4.65. The first-order valence-electron chi connectivity index (χ1n) is 4.83. The number of hydrogen-bond donors (Lipinski definition) is 2. The molecule has 1 aromatic carbocycles. The van der Waals surface area contributed by atoms with E-state index >= 15 is 0 Å². The molecular weight excluding hydrogens is 210 g/mol. The van der Waals surface area contributed by atoms with Crippen LogP contribution in [0, 0.1) is 0 Å². The van der Waals surface area contributed by atoms with Crippen LogP contribution < -0.4 is 5.73 Å². The Bertz CT molecular complexity index is 324. The van der Waals surface area contributed by atoms with Crippen LogP contribution in [0.1, 0.15) is 12.5 Å². The molecule has 1 rings (SSSR count). The van der Waals surface area contributed by atoms with Crippen LogP contribution in [0.4, 0.5) is 0 Å². The molecule has 0 aliphatic rings. The van der Waals surface area contributed by atoms with Gasteiger partial charge in [0, 0.05) is 4.90 Å². The monoisotopic (exact) mass is 225 g/mol. The standard InChI is InChI=1S/C11H15NO2S/c1-2-15-9-5-3-8(4-6-9)7-10(12)11(13)14/h3-6,10H,2,7,12H2,1H3,(H,13,14)/t10-/m1/s1. The van der Waals surface area contributed by atoms with Gasteiger partial charge in [0.2, 0.25) is 0 Å². The van der Waals surface area contributed by atoms with Gasteiger partial charge in [0.1, 0.15) is 6.04 Å². The van der Waals surface area contributed by atoms with E-state index in [4.69, 9.17) is 10.8 Å². The van der Waals surface area contributed by atoms with Crippen molar-refractivity contribution in [2.75, 3.05) is 5.75 Å². The van der Waals surface area contributed by atoms with Crippen LogP contribution in [0.5, 0.6) is 0 Å². The maximum atomic E-state index is 10.5. The molecule has 1 aromatic rings. The van der Waals surface area contributed by atoms with E-state index in [9.17, 15) is 4.79 Å². The minimum absolute atomic E-state index is 0.381. The highest BCUT2D eigenvalue weighted by Gasteiger charge is 2.11. The number of thioether (sulfide) groups is 1. The molecule has 15 heavy (non-hydrogen) atoms. The molecule has 0 saturated carbocycles. The Morgan fingerprint density at radius 1 is 1.47 bits per heavy atom. The minimum atomic E-state index is -0.956. The van der Waals surface area contributed by atoms with Gasteiger partial charge in [0.15, 0.2) is 0 Å². The Hall–Kier alpha value is -1.00. The third-order valence-electron chi connectivity index (χ3n) is 2.01. The predicted octanol–water partition coefficient (Wildman–Crippen LogP) is 1.75. The lowest BCUT2D eigenvalue weighted by Gasteiger charge is -2.06. The summed E-state index contributed by atoms with van der Waals surface area (Å²) < 4.78 is 0. The summed E-state index contributed by atoms with van der Waals surface area (Å²) in [7, 11) is 0. The average Bonchev–Trinajstić information content (AvgIpc) is 2.21. The first-order chi connectivity index (χ1) is 7.13. The molecule has 0 spiro atoms. The number of aliphatic carboxylic acids is 1. The Balaban J connectivity index is 2.60. The zero-order valence-corrected chi connectivity index (χ0v) is 9.46. The van der Waals surface area contributed by atoms with Crippen molar-refractivity contribution in [2.45, 2.75) is 24.3 Å². The van der Waals surface area contributed by atoms with Gasteiger partial charge in [0.25, 0.3) is 0 Å². The molecule has 4 heteroatoms. The third-order valence-corrected chi connectivity index (χ3v) is 2.90. The van der Waals surface area contributed by atoms with Gasteiger partial charge in [-0.15, -0.1) is 11.8 Å². The number of carboxylic acids is 1. The third kappa shape index (κ3) is 3.93. The van der Waals surface area contributed by atoms with Gasteiger partial charge in [-0.2, -0.15) is 0 Å². The molecular formula is C11H15NO2S. The van der Waals surface area contributed by atoms with Crippen molar-refractivity contribution in [1.29, 1.82) is 0 Å². The molecule has 0 aliphatic heterocycles. The Morgan fingerprint density at radius 2 is 2.07 bits per heavy atom. The van der Waals surface area contributed by atoms with Crippen LogP contribution in [0.15, 0.2) is 29.2 Å². The summed E-state index contributed by atoms with van der Waals surface area (Å²) in [5.41, 5.74) is 6.40. The summed E-state index contributed by atoms with van der Waals surface area (Å²) in [6.07, 6.45) is 0.381. The second-order valence-electron chi connectivity index (χ2n) is 3.23. The Morgan fingerprint density at radius 3 is 2.53 bits per heavy atom. The SMILES string of the molecule is CCSc1ccc(C[C@@H](N)C(=O)O)cc1. The van der Waals surface area contributed by atoms with Gasteiger partial charge in [-0.1, -0.05) is 19.1 Å². The second kappa shape index (κ2) is 5.78. The first kappa shape index (κ1) is 12.1. The second-order valence-corrected chi connectivity index (χ2v) is 4.56. The molecule has 3 N–H and O–H groups in total. The van der Waals surface area contributed by atoms with Crippen molar-refractivity contribution in [3.8, 4) is 0 Å². The van der Waals surface area contributed by atoms with E-state index in [1.54, 1.807) is 11.8 Å². The summed E-state index contributed by atoms with van der Waals surface area (Å²) in [6, 6.07) is 7.05. The Labute approximate surface area is 93.7 Å². The van der Waals surface area contributed by atoms with Gasteiger partial charge < -0.3 is 10.8 Å². The molecule has 3 nitrogen and oxygen atoms in total. The summed E-state index contributed by atoms with van der Waals surface area (Å²) in [6.45, 7) is 2.10. The largest absolute Gasteiger partial charge is 0.480 e. The number of rotatable bonds is 5. The van der Waals surface area contributed by atoms with Crippen LogP contribution in [-0.4, -0.2) is 22.9 Å². The molecule has 82 valence electrons. The van der Waals surface area contributed by atoms with Crippen molar-refractivity contribution in [1.82, 2.24) is 0 Å². The molecule has 0 radical (unpaired) electrons. The number of nitrogens with two attached hydrogens (primary N) is 1. The van der Waals surface area contributed by atoms with Crippen LogP contribution in [-0.2, 0) is 11.2 Å². The lowest BCUT2D eigenvalue weighted by Crippen LogP contribution is -2.32. The molecule has 0 saturated heterocycles. The average molecular weight is 225 g/mol. The van der Waals surface area contributed by atoms with E-state index in [-0.39, 0.29) is 0 Å². The summed E-state index contributed by atoms with van der Waals surface area (Å²) >= 11 is 1.76. The van der Waals surface area contributed by atoms with Crippen LogP contribution >= 0.6 is 11.8 Å². The minimum Gasteiger partial charge on any atom is -0.480 e. The molecule has 0 amide bonds. The summed E-state index contributed by atoms with van der Waals surface area (Å²) in [4.78, 5) is 11.7. The zero-order chi connectivity index (χ0) is 11.3. The first-order valence-corrected chi connectivity index (χ1v) is 5.82. The fraction of sp³-hybridized carbons (Fsp3) is 0.364. The number of carbonyl (C=O) groups is 1. The van der Waals surface area contributed by atoms with Gasteiger partial charge in [-0.25, -0.2) is 0 Å². The van der Waals surface area contributed by atoms with E-state index in [0.717, 1.165) is 11.3 Å². The molecule has 0 heterocycles. The normalized spacial score (nSPS) is 12.4. The zero-order valence-electron chi connectivity index (χ0n) is 8.64. The number of hydrogen-bond acceptors (Lipinski definition) is 3. The van der Waals surface area contributed by atoms with Crippen molar-refractivity contribution in [3.63, 3.8) is 0 Å². The van der Waals surface area contributed by atoms with Crippen molar-refractivity contribution in [2.24, 2.45) is 5.73 Å². The van der Waals surface area contributed by atoms with Gasteiger partial charge >= 0.3 is 5.97 Å². The van der Waals surface area contributed by atoms with Gasteiger partial charge in [0.05, 0.1) is 0 Å². The van der Waals surface area contributed by atoms with Crippen LogP contribution in [0.25, 0.3) is 0 Å². The lowest BCUT2D eigenvalue weighted by atomic mass is 10.1. The molecule has 0 fully saturated rings. The van der Waals surface area contributed by atoms with E-state index in [0.29, 0.717) is 6.42 Å². The van der Waals surface area contributed by atoms with E-state index < -0.39 is 12.0 Å². The molecule has 0 aliphatic carbocycles. The number of benzene rings is 1. The topological polar surface area (TPSA) is 63.3 Å². The molecule has 0 bridgehead atoms. The molecule has 0 aromatic heterocycles. The predicted molar refractivity (Wildman–Crippen MR) is 62.2 cm³/mol. The van der Waals surface area contributed by atoms with Crippen molar-refractivity contribution >= 4 is 17.7 Å². The van der Waals surface area contributed by atoms with E-state index in [1.807, 2.05) is 24.3 Å². The highest BCUT2D eigenvalue weighted by atomic mass is 32.2. The lowest BCUT2D eigenvalue weighted by molar-refractivity contribution is -0.138. The molecule has 0 unspecified atom stereocenters. The quantitative estimate of drug-likeness (QED) is 0.749. The molecule has 1 atom stereocenters. The fourth-order valence-electron chi connectivity index (χ4n) is 1.23. The maximum absolute atomic E-state index is 10.5.